The van der Waals surface area contributed by atoms with Gasteiger partial charge in [-0.1, -0.05) is 25.1 Å². The molecule has 2 atom stereocenters. The average Bonchev–Trinajstić information content (AvgIpc) is 2.88. The van der Waals surface area contributed by atoms with Gasteiger partial charge in [0.05, 0.1) is 6.04 Å². The second kappa shape index (κ2) is 5.98. The van der Waals surface area contributed by atoms with Crippen molar-refractivity contribution in [1.29, 1.82) is 0 Å². The summed E-state index contributed by atoms with van der Waals surface area (Å²) in [4.78, 5) is 2.56. The zero-order valence-corrected chi connectivity index (χ0v) is 12.4. The molecule has 3 rings (SSSR count). The predicted octanol–water partition coefficient (Wildman–Crippen LogP) is 3.43. The minimum absolute atomic E-state index is 0.271. The Hall–Kier alpha value is -1.32. The van der Waals surface area contributed by atoms with E-state index >= 15 is 0 Å². The monoisotopic (exact) mass is 272 g/mol. The van der Waals surface area contributed by atoms with Crippen LogP contribution in [-0.4, -0.2) is 31.6 Å². The molecule has 1 saturated heterocycles. The van der Waals surface area contributed by atoms with Gasteiger partial charge in [-0.05, 0) is 44.5 Å². The molecule has 2 unspecified atom stereocenters. The van der Waals surface area contributed by atoms with Crippen LogP contribution < -0.4 is 5.32 Å². The molecule has 2 aromatic rings. The first-order chi connectivity index (χ1) is 9.76. The summed E-state index contributed by atoms with van der Waals surface area (Å²) in [5.74, 6) is 1.86. The Kier molecular flexibility index (Phi) is 4.08. The summed E-state index contributed by atoms with van der Waals surface area (Å²) in [7, 11) is 2.02. The largest absolute Gasteiger partial charge is 0.459 e. The van der Waals surface area contributed by atoms with Crippen LogP contribution in [0.3, 0.4) is 0 Å². The molecule has 1 aromatic carbocycles. The molecular weight excluding hydrogens is 248 g/mol. The second-order valence-electron chi connectivity index (χ2n) is 6.03. The highest BCUT2D eigenvalue weighted by Crippen LogP contribution is 2.25. The van der Waals surface area contributed by atoms with Crippen LogP contribution in [0.15, 0.2) is 34.7 Å². The van der Waals surface area contributed by atoms with Gasteiger partial charge in [0.1, 0.15) is 11.3 Å². The smallest absolute Gasteiger partial charge is 0.134 e. The van der Waals surface area contributed by atoms with Gasteiger partial charge in [0.25, 0.3) is 0 Å². The lowest BCUT2D eigenvalue weighted by Crippen LogP contribution is -2.39. The highest BCUT2D eigenvalue weighted by atomic mass is 16.3. The maximum absolute atomic E-state index is 6.00. The lowest BCUT2D eigenvalue weighted by Gasteiger charge is -2.33. The van der Waals surface area contributed by atoms with Crippen LogP contribution in [0.4, 0.5) is 0 Å². The summed E-state index contributed by atoms with van der Waals surface area (Å²) < 4.78 is 6.00. The van der Waals surface area contributed by atoms with Crippen molar-refractivity contribution in [2.45, 2.75) is 25.8 Å². The number of para-hydroxylation sites is 1. The van der Waals surface area contributed by atoms with E-state index in [-0.39, 0.29) is 6.04 Å². The fourth-order valence-electron chi connectivity index (χ4n) is 3.21. The molecule has 1 aliphatic rings. The summed E-state index contributed by atoms with van der Waals surface area (Å²) >= 11 is 0. The first kappa shape index (κ1) is 13.7. The SMILES string of the molecule is CNC(CN1CCCC(C)C1)c1cc2ccccc2o1. The fraction of sp³-hybridized carbons (Fsp3) is 0.529. The van der Waals surface area contributed by atoms with Crippen LogP contribution >= 0.6 is 0 Å². The topological polar surface area (TPSA) is 28.4 Å². The molecular formula is C17H24N2O. The summed E-state index contributed by atoms with van der Waals surface area (Å²) in [6, 6.07) is 10.7. The van der Waals surface area contributed by atoms with Crippen LogP contribution in [0.25, 0.3) is 11.0 Å². The van der Waals surface area contributed by atoms with Crippen molar-refractivity contribution in [2.75, 3.05) is 26.7 Å². The van der Waals surface area contributed by atoms with E-state index in [1.54, 1.807) is 0 Å². The Labute approximate surface area is 120 Å². The van der Waals surface area contributed by atoms with Crippen molar-refractivity contribution in [2.24, 2.45) is 5.92 Å². The molecule has 0 bridgehead atoms. The third-order valence-electron chi connectivity index (χ3n) is 4.32. The maximum Gasteiger partial charge on any atom is 0.134 e. The Morgan fingerprint density at radius 3 is 3.00 bits per heavy atom. The minimum Gasteiger partial charge on any atom is -0.459 e. The highest BCUT2D eigenvalue weighted by Gasteiger charge is 2.22. The van der Waals surface area contributed by atoms with Crippen molar-refractivity contribution in [3.8, 4) is 0 Å². The Morgan fingerprint density at radius 1 is 1.40 bits per heavy atom. The van der Waals surface area contributed by atoms with Crippen molar-refractivity contribution >= 4 is 11.0 Å². The molecule has 20 heavy (non-hydrogen) atoms. The molecule has 1 fully saturated rings. The standard InChI is InChI=1S/C17H24N2O/c1-13-6-5-9-19(11-13)12-15(18-2)17-10-14-7-3-4-8-16(14)20-17/h3-4,7-8,10,13,15,18H,5-6,9,11-12H2,1-2H3. The third-order valence-corrected chi connectivity index (χ3v) is 4.32. The molecule has 3 nitrogen and oxygen atoms in total. The molecule has 0 radical (unpaired) electrons. The minimum atomic E-state index is 0.271. The lowest BCUT2D eigenvalue weighted by atomic mass is 9.99. The van der Waals surface area contributed by atoms with Gasteiger partial charge in [-0.15, -0.1) is 0 Å². The van der Waals surface area contributed by atoms with E-state index in [9.17, 15) is 0 Å². The van der Waals surface area contributed by atoms with Crippen LogP contribution in [0, 0.1) is 5.92 Å². The maximum atomic E-state index is 6.00. The lowest BCUT2D eigenvalue weighted by molar-refractivity contribution is 0.164. The molecule has 0 amide bonds. The van der Waals surface area contributed by atoms with E-state index in [4.69, 9.17) is 4.42 Å². The number of hydrogen-bond donors (Lipinski definition) is 1. The predicted molar refractivity (Wildman–Crippen MR) is 82.9 cm³/mol. The van der Waals surface area contributed by atoms with E-state index in [2.05, 4.69) is 35.3 Å². The fourth-order valence-corrected chi connectivity index (χ4v) is 3.21. The third kappa shape index (κ3) is 2.89. The number of piperidine rings is 1. The van der Waals surface area contributed by atoms with Gasteiger partial charge in [0.15, 0.2) is 0 Å². The summed E-state index contributed by atoms with van der Waals surface area (Å²) in [6.07, 6.45) is 2.68. The van der Waals surface area contributed by atoms with Crippen molar-refractivity contribution in [3.63, 3.8) is 0 Å². The van der Waals surface area contributed by atoms with Crippen LogP contribution in [0.1, 0.15) is 31.6 Å². The van der Waals surface area contributed by atoms with Crippen LogP contribution in [0.2, 0.25) is 0 Å². The number of nitrogens with zero attached hydrogens (tertiary/aromatic N) is 1. The van der Waals surface area contributed by atoms with E-state index in [0.717, 1.165) is 23.8 Å². The number of fused-ring (bicyclic) bond motifs is 1. The van der Waals surface area contributed by atoms with E-state index < -0.39 is 0 Å². The molecule has 2 heterocycles. The molecule has 0 aliphatic carbocycles. The van der Waals surface area contributed by atoms with Crippen LogP contribution in [0.5, 0.6) is 0 Å². The number of likely N-dealkylation sites (tertiary alicyclic amines) is 1. The van der Waals surface area contributed by atoms with Crippen molar-refractivity contribution < 1.29 is 4.42 Å². The Morgan fingerprint density at radius 2 is 2.25 bits per heavy atom. The van der Waals surface area contributed by atoms with E-state index in [1.165, 1.54) is 31.3 Å². The van der Waals surface area contributed by atoms with Gasteiger partial charge in [-0.2, -0.15) is 0 Å². The quantitative estimate of drug-likeness (QED) is 0.924. The Bertz CT molecular complexity index is 530. The summed E-state index contributed by atoms with van der Waals surface area (Å²) in [5, 5.41) is 4.60. The van der Waals surface area contributed by atoms with E-state index in [1.807, 2.05) is 19.2 Å². The first-order valence-electron chi connectivity index (χ1n) is 7.64. The Balaban J connectivity index is 1.75. The van der Waals surface area contributed by atoms with Crippen molar-refractivity contribution in [3.05, 3.63) is 36.1 Å². The number of benzene rings is 1. The molecule has 108 valence electrons. The number of likely N-dealkylation sites (N-methyl/N-ethyl adjacent to an activating group) is 1. The summed E-state index contributed by atoms with van der Waals surface area (Å²) in [5.41, 5.74) is 0.981. The van der Waals surface area contributed by atoms with Gasteiger partial charge in [-0.3, -0.25) is 0 Å². The first-order valence-corrected chi connectivity index (χ1v) is 7.64. The zero-order chi connectivity index (χ0) is 13.9. The molecule has 0 saturated carbocycles. The van der Waals surface area contributed by atoms with Gasteiger partial charge in [-0.25, -0.2) is 0 Å². The normalized spacial score (nSPS) is 22.2. The molecule has 0 spiro atoms. The summed E-state index contributed by atoms with van der Waals surface area (Å²) in [6.45, 7) is 5.80. The second-order valence-corrected chi connectivity index (χ2v) is 6.03. The van der Waals surface area contributed by atoms with E-state index in [0.29, 0.717) is 0 Å². The number of nitrogens with one attached hydrogen (secondary N) is 1. The molecule has 1 N–H and O–H groups in total. The number of rotatable bonds is 4. The number of hydrogen-bond acceptors (Lipinski definition) is 3. The highest BCUT2D eigenvalue weighted by molar-refractivity contribution is 5.77. The average molecular weight is 272 g/mol. The molecule has 3 heteroatoms. The zero-order valence-electron chi connectivity index (χ0n) is 12.4. The van der Waals surface area contributed by atoms with Gasteiger partial charge in [0, 0.05) is 18.5 Å². The molecule has 1 aromatic heterocycles. The van der Waals surface area contributed by atoms with Gasteiger partial charge in [0.2, 0.25) is 0 Å². The number of furan rings is 1. The van der Waals surface area contributed by atoms with Crippen molar-refractivity contribution in [1.82, 2.24) is 10.2 Å². The van der Waals surface area contributed by atoms with Crippen LogP contribution in [-0.2, 0) is 0 Å². The molecule has 1 aliphatic heterocycles. The van der Waals surface area contributed by atoms with Gasteiger partial charge >= 0.3 is 0 Å². The van der Waals surface area contributed by atoms with Gasteiger partial charge < -0.3 is 14.6 Å².